The highest BCUT2D eigenvalue weighted by atomic mass is 16.5. The molecule has 2 N–H and O–H groups in total. The van der Waals surface area contributed by atoms with Crippen molar-refractivity contribution in [1.29, 1.82) is 0 Å². The van der Waals surface area contributed by atoms with Gasteiger partial charge in [0.1, 0.15) is 24.2 Å². The second-order valence-electron chi connectivity index (χ2n) is 7.11. The molecule has 0 aliphatic heterocycles. The minimum absolute atomic E-state index is 0.0351. The molecule has 31 heavy (non-hydrogen) atoms. The molecule has 0 heterocycles. The van der Waals surface area contributed by atoms with Crippen LogP contribution in [0.1, 0.15) is 41.2 Å². The monoisotopic (exact) mass is 419 g/mol. The fraction of sp³-hybridized carbons (Fsp3) is 0.200. The van der Waals surface area contributed by atoms with Crippen LogP contribution in [-0.4, -0.2) is 22.5 Å². The third-order valence-corrected chi connectivity index (χ3v) is 4.86. The van der Waals surface area contributed by atoms with E-state index < -0.39 is 12.1 Å². The number of hydrogen-bond acceptors (Lipinski definition) is 5. The van der Waals surface area contributed by atoms with E-state index in [9.17, 15) is 9.90 Å². The summed E-state index contributed by atoms with van der Waals surface area (Å²) >= 11 is 0. The van der Waals surface area contributed by atoms with Gasteiger partial charge in [0.25, 0.3) is 0 Å². The molecule has 3 rings (SSSR count). The van der Waals surface area contributed by atoms with Crippen LogP contribution in [0.2, 0.25) is 0 Å². The molecule has 0 unspecified atom stereocenters. The van der Waals surface area contributed by atoms with Gasteiger partial charge in [-0.3, -0.25) is 4.79 Å². The maximum atomic E-state index is 11.2. The first-order valence-corrected chi connectivity index (χ1v) is 9.99. The topological polar surface area (TPSA) is 88.4 Å². The molecule has 0 spiro atoms. The van der Waals surface area contributed by atoms with E-state index in [1.54, 1.807) is 18.2 Å². The number of rotatable bonds is 10. The molecule has 0 aliphatic carbocycles. The van der Waals surface area contributed by atoms with E-state index in [1.807, 2.05) is 61.5 Å². The van der Waals surface area contributed by atoms with Crippen LogP contribution in [0.25, 0.3) is 0 Å². The van der Waals surface area contributed by atoms with Crippen molar-refractivity contribution < 1.29 is 24.6 Å². The molecule has 0 saturated heterocycles. The van der Waals surface area contributed by atoms with Crippen molar-refractivity contribution in [3.63, 3.8) is 0 Å². The van der Waals surface area contributed by atoms with Gasteiger partial charge in [-0.05, 0) is 42.2 Å². The molecule has 0 amide bonds. The molecule has 160 valence electrons. The van der Waals surface area contributed by atoms with Crippen LogP contribution < -0.4 is 9.47 Å². The smallest absolute Gasteiger partial charge is 0.303 e. The van der Waals surface area contributed by atoms with Gasteiger partial charge < -0.3 is 19.8 Å². The Hall–Kier alpha value is -3.80. The lowest BCUT2D eigenvalue weighted by molar-refractivity contribution is -0.137. The quantitative estimate of drug-likeness (QED) is 0.262. The predicted molar refractivity (Wildman–Crippen MR) is 118 cm³/mol. The van der Waals surface area contributed by atoms with E-state index in [1.165, 1.54) is 6.21 Å². The Morgan fingerprint density at radius 1 is 1.06 bits per heavy atom. The lowest BCUT2D eigenvalue weighted by atomic mass is 9.99. The zero-order valence-electron chi connectivity index (χ0n) is 17.3. The average Bonchev–Trinajstić information content (AvgIpc) is 2.78. The first-order chi connectivity index (χ1) is 15.1. The molecule has 0 fully saturated rings. The zero-order chi connectivity index (χ0) is 22.1. The number of carboxylic acids is 1. The standard InChI is InChI=1S/C25H25NO5/c1-18-7-5-6-10-22(18)23(13-14-25(27)28)31-24-15-21(12-11-20(24)16-26-29)30-17-19-8-3-2-4-9-19/h2-12,15-16,23,29H,13-14,17H2,1H3,(H,27,28)/t23-/m0/s1. The third-order valence-electron chi connectivity index (χ3n) is 4.86. The Bertz CT molecular complexity index is 1030. The summed E-state index contributed by atoms with van der Waals surface area (Å²) in [5, 5.41) is 21.3. The lowest BCUT2D eigenvalue weighted by Gasteiger charge is -2.22. The van der Waals surface area contributed by atoms with Crippen molar-refractivity contribution in [3.8, 4) is 11.5 Å². The number of carboxylic acid groups (broad SMARTS) is 1. The Labute approximate surface area is 181 Å². The second-order valence-corrected chi connectivity index (χ2v) is 7.11. The van der Waals surface area contributed by atoms with Crippen LogP contribution in [-0.2, 0) is 11.4 Å². The van der Waals surface area contributed by atoms with Crippen molar-refractivity contribution in [2.75, 3.05) is 0 Å². The number of carbonyl (C=O) groups is 1. The van der Waals surface area contributed by atoms with Crippen LogP contribution in [0.3, 0.4) is 0 Å². The van der Waals surface area contributed by atoms with E-state index in [4.69, 9.17) is 14.7 Å². The summed E-state index contributed by atoms with van der Waals surface area (Å²) in [4.78, 5) is 11.2. The number of oxime groups is 1. The van der Waals surface area contributed by atoms with Crippen molar-refractivity contribution in [2.45, 2.75) is 32.5 Å². The maximum Gasteiger partial charge on any atom is 0.303 e. The molecule has 0 saturated carbocycles. The molecule has 1 atom stereocenters. The molecule has 3 aromatic carbocycles. The summed E-state index contributed by atoms with van der Waals surface area (Å²) in [6.45, 7) is 2.36. The van der Waals surface area contributed by atoms with E-state index >= 15 is 0 Å². The van der Waals surface area contributed by atoms with Crippen molar-refractivity contribution in [1.82, 2.24) is 0 Å². The average molecular weight is 419 g/mol. The predicted octanol–water partition coefficient (Wildman–Crippen LogP) is 5.37. The molecule has 3 aromatic rings. The van der Waals surface area contributed by atoms with Crippen LogP contribution in [0.15, 0.2) is 78.0 Å². The van der Waals surface area contributed by atoms with Crippen molar-refractivity contribution in [2.24, 2.45) is 5.16 Å². The third kappa shape index (κ3) is 6.34. The summed E-state index contributed by atoms with van der Waals surface area (Å²) in [6, 6.07) is 22.7. The fourth-order valence-corrected chi connectivity index (χ4v) is 3.25. The summed E-state index contributed by atoms with van der Waals surface area (Å²) in [7, 11) is 0. The van der Waals surface area contributed by atoms with Gasteiger partial charge in [0.15, 0.2) is 0 Å². The van der Waals surface area contributed by atoms with Crippen LogP contribution in [0.4, 0.5) is 0 Å². The molecule has 0 aliphatic rings. The Morgan fingerprint density at radius 3 is 2.52 bits per heavy atom. The highest BCUT2D eigenvalue weighted by Gasteiger charge is 2.19. The van der Waals surface area contributed by atoms with Gasteiger partial charge in [0.05, 0.1) is 6.21 Å². The Kier molecular flexibility index (Phi) is 7.65. The van der Waals surface area contributed by atoms with Gasteiger partial charge in [-0.2, -0.15) is 0 Å². The molecule has 6 nitrogen and oxygen atoms in total. The van der Waals surface area contributed by atoms with Gasteiger partial charge in [-0.15, -0.1) is 0 Å². The summed E-state index contributed by atoms with van der Waals surface area (Å²) in [5.74, 6) is 0.150. The van der Waals surface area contributed by atoms with Crippen LogP contribution in [0, 0.1) is 6.92 Å². The minimum Gasteiger partial charge on any atom is -0.489 e. The molecule has 0 radical (unpaired) electrons. The van der Waals surface area contributed by atoms with Gasteiger partial charge in [-0.25, -0.2) is 0 Å². The highest BCUT2D eigenvalue weighted by molar-refractivity contribution is 5.83. The minimum atomic E-state index is -0.890. The Balaban J connectivity index is 1.87. The molecule has 6 heteroatoms. The van der Waals surface area contributed by atoms with E-state index in [2.05, 4.69) is 5.16 Å². The lowest BCUT2D eigenvalue weighted by Crippen LogP contribution is -2.12. The normalized spacial score (nSPS) is 11.9. The Morgan fingerprint density at radius 2 is 1.81 bits per heavy atom. The van der Waals surface area contributed by atoms with Crippen LogP contribution in [0.5, 0.6) is 11.5 Å². The number of benzene rings is 3. The zero-order valence-corrected chi connectivity index (χ0v) is 17.3. The largest absolute Gasteiger partial charge is 0.489 e. The highest BCUT2D eigenvalue weighted by Crippen LogP contribution is 2.32. The van der Waals surface area contributed by atoms with Gasteiger partial charge in [-0.1, -0.05) is 59.8 Å². The van der Waals surface area contributed by atoms with Crippen LogP contribution >= 0.6 is 0 Å². The van der Waals surface area contributed by atoms with E-state index in [0.29, 0.717) is 30.1 Å². The summed E-state index contributed by atoms with van der Waals surface area (Å²) in [5.41, 5.74) is 3.51. The molecule has 0 aromatic heterocycles. The number of aliphatic carboxylic acids is 1. The maximum absolute atomic E-state index is 11.2. The van der Waals surface area contributed by atoms with Crippen molar-refractivity contribution >= 4 is 12.2 Å². The molecular formula is C25H25NO5. The number of aryl methyl sites for hydroxylation is 1. The number of ether oxygens (including phenoxy) is 2. The van der Waals surface area contributed by atoms with Gasteiger partial charge in [0.2, 0.25) is 0 Å². The fourth-order valence-electron chi connectivity index (χ4n) is 3.25. The summed E-state index contributed by atoms with van der Waals surface area (Å²) < 4.78 is 12.2. The van der Waals surface area contributed by atoms with Gasteiger partial charge >= 0.3 is 5.97 Å². The second kappa shape index (κ2) is 10.8. The first kappa shape index (κ1) is 21.9. The van der Waals surface area contributed by atoms with E-state index in [-0.39, 0.29) is 6.42 Å². The summed E-state index contributed by atoms with van der Waals surface area (Å²) in [6.07, 6.45) is 1.06. The first-order valence-electron chi connectivity index (χ1n) is 9.99. The molecule has 0 bridgehead atoms. The van der Waals surface area contributed by atoms with Crippen molar-refractivity contribution in [3.05, 3.63) is 95.1 Å². The SMILES string of the molecule is Cc1ccccc1[C@H](CCC(=O)O)Oc1cc(OCc2ccccc2)ccc1C=NO. The number of nitrogens with zero attached hydrogens (tertiary/aromatic N) is 1. The molecular weight excluding hydrogens is 394 g/mol. The van der Waals surface area contributed by atoms with E-state index in [0.717, 1.165) is 16.7 Å². The number of hydrogen-bond donors (Lipinski definition) is 2. The van der Waals surface area contributed by atoms with Gasteiger partial charge in [0, 0.05) is 18.1 Å².